The van der Waals surface area contributed by atoms with E-state index in [1.54, 1.807) is 0 Å². The fraction of sp³-hybridized carbons (Fsp3) is 0.167. The van der Waals surface area contributed by atoms with Crippen molar-refractivity contribution in [1.29, 1.82) is 0 Å². The molecule has 3 rings (SSSR count). The number of benzene rings is 2. The highest BCUT2D eigenvalue weighted by Gasteiger charge is 2.23. The van der Waals surface area contributed by atoms with E-state index >= 15 is 0 Å². The molecule has 0 aliphatic rings. The van der Waals surface area contributed by atoms with E-state index in [2.05, 4.69) is 19.6 Å². The predicted molar refractivity (Wildman–Crippen MR) is 96.7 cm³/mol. The largest absolute Gasteiger partial charge is 0.493 e. The van der Waals surface area contributed by atoms with E-state index in [1.165, 1.54) is 24.3 Å². The molecule has 11 heteroatoms. The van der Waals surface area contributed by atoms with Crippen molar-refractivity contribution in [2.75, 3.05) is 6.61 Å². The molecule has 0 unspecified atom stereocenters. The molecule has 0 saturated carbocycles. The van der Waals surface area contributed by atoms with Gasteiger partial charge in [0.2, 0.25) is 16.9 Å². The van der Waals surface area contributed by atoms with Crippen molar-refractivity contribution >= 4 is 11.0 Å². The van der Waals surface area contributed by atoms with Gasteiger partial charge in [0.15, 0.2) is 11.5 Å². The van der Waals surface area contributed by atoms with Gasteiger partial charge in [0.05, 0.1) is 6.61 Å². The minimum Gasteiger partial charge on any atom is -0.493 e. The molecule has 0 aliphatic heterocycles. The van der Waals surface area contributed by atoms with Crippen molar-refractivity contribution in [3.8, 4) is 40.1 Å². The summed E-state index contributed by atoms with van der Waals surface area (Å²) in [4.78, 5) is 29.6. The Morgan fingerprint density at radius 3 is 2.28 bits per heavy atom. The van der Waals surface area contributed by atoms with Gasteiger partial charge in [-0.1, -0.05) is 6.92 Å². The summed E-state index contributed by atoms with van der Waals surface area (Å²) in [6, 6.07) is 6.20. The van der Waals surface area contributed by atoms with Crippen LogP contribution in [0.25, 0.3) is 22.3 Å². The second-order valence-electron chi connectivity index (χ2n) is 5.76. The van der Waals surface area contributed by atoms with E-state index in [-0.39, 0.29) is 51.9 Å². The SMILES string of the molecule is CCCOc1cc(OO)cc2oc(-c3ccc(OO)c(OO)c3)c(OO)c(=O)c12. The molecule has 1 aromatic heterocycles. The molecule has 4 N–H and O–H groups in total. The van der Waals surface area contributed by atoms with Gasteiger partial charge in [-0.3, -0.25) is 4.79 Å². The highest BCUT2D eigenvalue weighted by molar-refractivity contribution is 5.88. The van der Waals surface area contributed by atoms with Crippen LogP contribution in [0.5, 0.6) is 28.7 Å². The Hall–Kier alpha value is -3.51. The van der Waals surface area contributed by atoms with Crippen LogP contribution in [0.1, 0.15) is 13.3 Å². The van der Waals surface area contributed by atoms with Gasteiger partial charge in [-0.05, 0) is 24.6 Å². The molecule has 0 radical (unpaired) electrons. The molecule has 0 amide bonds. The van der Waals surface area contributed by atoms with Crippen molar-refractivity contribution in [3.05, 3.63) is 40.6 Å². The monoisotopic (exact) mass is 408 g/mol. The molecule has 1 heterocycles. The first-order valence-electron chi connectivity index (χ1n) is 8.25. The van der Waals surface area contributed by atoms with Crippen LogP contribution in [0, 0.1) is 0 Å². The zero-order valence-electron chi connectivity index (χ0n) is 14.9. The molecule has 3 aromatic rings. The van der Waals surface area contributed by atoms with E-state index in [4.69, 9.17) is 24.9 Å². The average Bonchev–Trinajstić information content (AvgIpc) is 2.76. The van der Waals surface area contributed by atoms with Gasteiger partial charge >= 0.3 is 0 Å². The van der Waals surface area contributed by atoms with E-state index in [1.807, 2.05) is 6.92 Å². The number of fused-ring (bicyclic) bond motifs is 1. The van der Waals surface area contributed by atoms with Crippen LogP contribution >= 0.6 is 0 Å². The molecule has 0 fully saturated rings. The van der Waals surface area contributed by atoms with Crippen molar-refractivity contribution in [3.63, 3.8) is 0 Å². The molecular formula is C18H16O11. The van der Waals surface area contributed by atoms with Crippen LogP contribution in [-0.4, -0.2) is 27.6 Å². The number of hydrogen-bond acceptors (Lipinski definition) is 11. The average molecular weight is 408 g/mol. The smallest absolute Gasteiger partial charge is 0.256 e. The Labute approximate surface area is 162 Å². The third kappa shape index (κ3) is 3.75. The quantitative estimate of drug-likeness (QED) is 0.318. The van der Waals surface area contributed by atoms with Crippen molar-refractivity contribution < 1.29 is 49.7 Å². The van der Waals surface area contributed by atoms with Gasteiger partial charge in [0, 0.05) is 17.7 Å². The minimum atomic E-state index is -0.770. The first-order chi connectivity index (χ1) is 14.1. The van der Waals surface area contributed by atoms with Gasteiger partial charge in [-0.25, -0.2) is 21.0 Å². The van der Waals surface area contributed by atoms with Crippen molar-refractivity contribution in [2.45, 2.75) is 13.3 Å². The normalized spacial score (nSPS) is 10.7. The van der Waals surface area contributed by atoms with Gasteiger partial charge in [0.1, 0.15) is 16.7 Å². The van der Waals surface area contributed by atoms with E-state index in [9.17, 15) is 10.1 Å². The Morgan fingerprint density at radius 2 is 1.66 bits per heavy atom. The lowest BCUT2D eigenvalue weighted by Crippen LogP contribution is -2.10. The third-order valence-corrected chi connectivity index (χ3v) is 3.95. The van der Waals surface area contributed by atoms with E-state index in [0.29, 0.717) is 6.42 Å². The summed E-state index contributed by atoms with van der Waals surface area (Å²) in [5.74, 6) is -1.36. The summed E-state index contributed by atoms with van der Waals surface area (Å²) >= 11 is 0. The maximum Gasteiger partial charge on any atom is 0.256 e. The Balaban J connectivity index is 2.30. The summed E-state index contributed by atoms with van der Waals surface area (Å²) in [7, 11) is 0. The van der Waals surface area contributed by atoms with Gasteiger partial charge in [-0.2, -0.15) is 0 Å². The topological polar surface area (TPSA) is 157 Å². The van der Waals surface area contributed by atoms with Crippen molar-refractivity contribution in [2.24, 2.45) is 0 Å². The standard InChI is InChI=1S/C18H16O11/c1-2-5-24-13-7-10(26-20)8-14-15(13)16(19)18(29-23)17(25-14)9-3-4-11(27-21)12(6-9)28-22/h3-4,6-8,20-23H,2,5H2,1H3. The molecule has 0 aliphatic carbocycles. The summed E-state index contributed by atoms with van der Waals surface area (Å²) in [6.07, 6.45) is 0.641. The molecular weight excluding hydrogens is 392 g/mol. The first-order valence-corrected chi connectivity index (χ1v) is 8.25. The molecule has 154 valence electrons. The summed E-state index contributed by atoms with van der Waals surface area (Å²) in [6.45, 7) is 2.12. The van der Waals surface area contributed by atoms with Crippen molar-refractivity contribution in [1.82, 2.24) is 0 Å². The fourth-order valence-corrected chi connectivity index (χ4v) is 2.69. The zero-order chi connectivity index (χ0) is 21.0. The van der Waals surface area contributed by atoms with Gasteiger partial charge < -0.3 is 28.7 Å². The predicted octanol–water partition coefficient (Wildman–Crippen LogP) is 3.66. The molecule has 29 heavy (non-hydrogen) atoms. The first kappa shape index (κ1) is 20.2. The van der Waals surface area contributed by atoms with Crippen LogP contribution < -0.4 is 29.7 Å². The highest BCUT2D eigenvalue weighted by atomic mass is 17.1. The lowest BCUT2D eigenvalue weighted by Gasteiger charge is -2.12. The molecule has 11 nitrogen and oxygen atoms in total. The van der Waals surface area contributed by atoms with E-state index < -0.39 is 11.2 Å². The molecule has 0 atom stereocenters. The maximum atomic E-state index is 12.9. The minimum absolute atomic E-state index is 0.0441. The zero-order valence-corrected chi connectivity index (χ0v) is 14.9. The Morgan fingerprint density at radius 1 is 0.897 bits per heavy atom. The lowest BCUT2D eigenvalue weighted by molar-refractivity contribution is -0.164. The number of rotatable bonds is 8. The van der Waals surface area contributed by atoms with Gasteiger partial charge in [-0.15, -0.1) is 0 Å². The fourth-order valence-electron chi connectivity index (χ4n) is 2.69. The summed E-state index contributed by atoms with van der Waals surface area (Å²) in [5, 5.41) is 36.0. The highest BCUT2D eigenvalue weighted by Crippen LogP contribution is 2.39. The number of ether oxygens (including phenoxy) is 1. The molecule has 0 saturated heterocycles. The lowest BCUT2D eigenvalue weighted by atomic mass is 10.1. The van der Waals surface area contributed by atoms with Crippen LogP contribution in [0.2, 0.25) is 0 Å². The summed E-state index contributed by atoms with van der Waals surface area (Å²) in [5.41, 5.74) is -0.699. The Kier molecular flexibility index (Phi) is 6.04. The van der Waals surface area contributed by atoms with Crippen LogP contribution in [0.3, 0.4) is 0 Å². The molecule has 2 aromatic carbocycles. The van der Waals surface area contributed by atoms with Gasteiger partial charge in [0.25, 0.3) is 5.75 Å². The summed E-state index contributed by atoms with van der Waals surface area (Å²) < 4.78 is 11.2. The second kappa shape index (κ2) is 8.67. The van der Waals surface area contributed by atoms with Crippen LogP contribution in [-0.2, 0) is 0 Å². The van der Waals surface area contributed by atoms with E-state index in [0.717, 1.165) is 6.07 Å². The van der Waals surface area contributed by atoms with Crippen LogP contribution in [0.15, 0.2) is 39.5 Å². The third-order valence-electron chi connectivity index (χ3n) is 3.95. The number of hydrogen-bond donors (Lipinski definition) is 4. The Bertz CT molecular complexity index is 1070. The molecule has 0 bridgehead atoms. The maximum absolute atomic E-state index is 12.9. The second-order valence-corrected chi connectivity index (χ2v) is 5.76. The van der Waals surface area contributed by atoms with Crippen LogP contribution in [0.4, 0.5) is 0 Å². The molecule has 0 spiro atoms.